The van der Waals surface area contributed by atoms with Crippen molar-refractivity contribution in [2.75, 3.05) is 0 Å². The van der Waals surface area contributed by atoms with Crippen LogP contribution in [0.1, 0.15) is 11.1 Å². The number of hydrogen-bond donors (Lipinski definition) is 2. The van der Waals surface area contributed by atoms with Crippen molar-refractivity contribution < 1.29 is 45.2 Å². The van der Waals surface area contributed by atoms with Gasteiger partial charge in [-0.1, -0.05) is 54.6 Å². The lowest BCUT2D eigenvalue weighted by Crippen LogP contribution is -2.32. The molecule has 0 aromatic heterocycles. The lowest BCUT2D eigenvalue weighted by molar-refractivity contribution is 0.422. The molecule has 0 fully saturated rings. The Morgan fingerprint density at radius 2 is 0.912 bits per heavy atom. The molecule has 0 saturated heterocycles. The SMILES string of the molecule is Fc1ccc(-c2ccc(Cn3ccc4nc(-c5cccc(F)c5F)nc-4c3)cc2)c(F)c1.Fc1cccc(-c2nc3ccn(Cc4ccc(I)cc4)cc-3n2)c1F.OB(O)c1ccc(F)cc1F. The van der Waals surface area contributed by atoms with Crippen LogP contribution in [-0.4, -0.2) is 46.2 Å². The third-order valence-corrected chi connectivity index (χ3v) is 11.0. The van der Waals surface area contributed by atoms with Crippen LogP contribution in [0.5, 0.6) is 0 Å². The molecule has 0 atom stereocenters. The summed E-state index contributed by atoms with van der Waals surface area (Å²) in [7, 11) is -1.89. The Labute approximate surface area is 396 Å². The topological polar surface area (TPSA) is 102 Å². The molecular formula is C50H32BF8IN6O2. The molecule has 0 bridgehead atoms. The molecule has 18 heteroatoms. The molecule has 0 spiro atoms. The molecule has 0 saturated carbocycles. The van der Waals surface area contributed by atoms with Gasteiger partial charge in [0.05, 0.1) is 22.5 Å². The molecule has 10 rings (SSSR count). The van der Waals surface area contributed by atoms with Crippen LogP contribution in [0.4, 0.5) is 35.1 Å². The maximum absolute atomic E-state index is 14.1. The highest BCUT2D eigenvalue weighted by Gasteiger charge is 2.20. The van der Waals surface area contributed by atoms with E-state index < -0.39 is 53.7 Å². The van der Waals surface area contributed by atoms with Crippen LogP contribution in [0, 0.1) is 50.1 Å². The van der Waals surface area contributed by atoms with E-state index in [4.69, 9.17) is 10.0 Å². The van der Waals surface area contributed by atoms with Gasteiger partial charge >= 0.3 is 7.12 Å². The standard InChI is InChI=1S/C25H15F4N3.C19H12F2IN3.C6H5BF2O2/c26-17-8-9-18(21(28)12-17)16-6-4-15(5-7-16)13-32-11-10-22-23(14-32)31-25(30-22)19-2-1-3-20(27)24(19)29;20-15-3-1-2-14(18(15)21)19-23-16-8-9-25(11-17(16)24-19)10-12-4-6-13(22)7-5-12;8-4-1-2-5(7(10)11)6(9)3-4/h1-12,14H,13H2;1-9,11H,10H2;1-3,10-11H. The number of aromatic nitrogens is 6. The first-order chi connectivity index (χ1) is 32.7. The number of nitrogens with zero attached hydrogens (tertiary/aromatic N) is 6. The third-order valence-electron chi connectivity index (χ3n) is 10.3. The molecule has 0 radical (unpaired) electrons. The summed E-state index contributed by atoms with van der Waals surface area (Å²) in [4.78, 5) is 17.3. The number of pyridine rings is 2. The molecule has 68 heavy (non-hydrogen) atoms. The average molecular weight is 1040 g/mol. The van der Waals surface area contributed by atoms with Crippen molar-refractivity contribution in [1.29, 1.82) is 0 Å². The van der Waals surface area contributed by atoms with Crippen LogP contribution >= 0.6 is 22.6 Å². The van der Waals surface area contributed by atoms with E-state index in [9.17, 15) is 35.1 Å². The van der Waals surface area contributed by atoms with Crippen molar-refractivity contribution in [3.05, 3.63) is 219 Å². The summed E-state index contributed by atoms with van der Waals surface area (Å²) in [5.74, 6) is -6.37. The van der Waals surface area contributed by atoms with Gasteiger partial charge in [-0.3, -0.25) is 0 Å². The number of fused-ring (bicyclic) bond motifs is 2. The fourth-order valence-electron chi connectivity index (χ4n) is 6.93. The van der Waals surface area contributed by atoms with Gasteiger partial charge in [0.1, 0.15) is 34.7 Å². The second kappa shape index (κ2) is 20.7. The van der Waals surface area contributed by atoms with Crippen LogP contribution < -0.4 is 5.46 Å². The Kier molecular flexibility index (Phi) is 14.4. The first kappa shape index (κ1) is 47.2. The largest absolute Gasteiger partial charge is 0.491 e. The van der Waals surface area contributed by atoms with E-state index in [1.54, 1.807) is 24.4 Å². The molecule has 340 valence electrons. The second-order valence-corrected chi connectivity index (χ2v) is 16.3. The van der Waals surface area contributed by atoms with Crippen molar-refractivity contribution in [3.8, 4) is 56.7 Å². The van der Waals surface area contributed by atoms with Crippen LogP contribution in [0.15, 0.2) is 158 Å². The van der Waals surface area contributed by atoms with Crippen molar-refractivity contribution in [3.63, 3.8) is 0 Å². The Morgan fingerprint density at radius 3 is 1.38 bits per heavy atom. The van der Waals surface area contributed by atoms with Gasteiger partial charge in [-0.25, -0.2) is 55.1 Å². The quantitative estimate of drug-likeness (QED) is 0.0893. The molecule has 8 nitrogen and oxygen atoms in total. The fourth-order valence-corrected chi connectivity index (χ4v) is 7.29. The van der Waals surface area contributed by atoms with Gasteiger partial charge in [-0.05, 0) is 106 Å². The number of benzene rings is 6. The molecule has 0 amide bonds. The van der Waals surface area contributed by atoms with Gasteiger partial charge in [0.25, 0.3) is 0 Å². The van der Waals surface area contributed by atoms with Crippen molar-refractivity contribution in [2.45, 2.75) is 13.1 Å². The van der Waals surface area contributed by atoms with Crippen molar-refractivity contribution in [2.24, 2.45) is 0 Å². The summed E-state index contributed by atoms with van der Waals surface area (Å²) in [5.41, 5.74) is 5.27. The molecule has 4 heterocycles. The highest BCUT2D eigenvalue weighted by Crippen LogP contribution is 2.30. The summed E-state index contributed by atoms with van der Waals surface area (Å²) >= 11 is 2.27. The lowest BCUT2D eigenvalue weighted by Gasteiger charge is -2.09. The first-order valence-electron chi connectivity index (χ1n) is 20.3. The zero-order chi connectivity index (χ0) is 48.1. The average Bonchev–Trinajstić information content (AvgIpc) is 3.94. The summed E-state index contributed by atoms with van der Waals surface area (Å²) < 4.78 is 112. The number of imidazole rings is 2. The normalized spacial score (nSPS) is 11.0. The molecule has 2 N–H and O–H groups in total. The zero-order valence-electron chi connectivity index (χ0n) is 35.0. The fraction of sp³-hybridized carbons (Fsp3) is 0.0400. The Balaban J connectivity index is 0.000000154. The van der Waals surface area contributed by atoms with E-state index in [0.717, 1.165) is 35.9 Å². The first-order valence-corrected chi connectivity index (χ1v) is 21.4. The van der Waals surface area contributed by atoms with Crippen LogP contribution in [0.25, 0.3) is 56.7 Å². The predicted octanol–water partition coefficient (Wildman–Crippen LogP) is 10.9. The van der Waals surface area contributed by atoms with E-state index in [-0.39, 0.29) is 28.2 Å². The van der Waals surface area contributed by atoms with Gasteiger partial charge in [0, 0.05) is 64.6 Å². The van der Waals surface area contributed by atoms with Crippen LogP contribution in [-0.2, 0) is 13.1 Å². The summed E-state index contributed by atoms with van der Waals surface area (Å²) in [5, 5.41) is 17.0. The summed E-state index contributed by atoms with van der Waals surface area (Å²) in [6.07, 6.45) is 7.36. The van der Waals surface area contributed by atoms with E-state index in [1.807, 2.05) is 45.9 Å². The highest BCUT2D eigenvalue weighted by atomic mass is 127. The Morgan fingerprint density at radius 1 is 0.456 bits per heavy atom. The smallest absolute Gasteiger partial charge is 0.423 e. The molecule has 4 aliphatic rings. The minimum Gasteiger partial charge on any atom is -0.423 e. The van der Waals surface area contributed by atoms with Gasteiger partial charge in [-0.15, -0.1) is 0 Å². The maximum atomic E-state index is 14.1. The lowest BCUT2D eigenvalue weighted by atomic mass is 9.80. The predicted molar refractivity (Wildman–Crippen MR) is 249 cm³/mol. The summed E-state index contributed by atoms with van der Waals surface area (Å²) in [6, 6.07) is 33.0. The molecule has 0 aliphatic carbocycles. The van der Waals surface area contributed by atoms with Crippen molar-refractivity contribution in [1.82, 2.24) is 29.1 Å². The van der Waals surface area contributed by atoms with Gasteiger partial charge in [-0.2, -0.15) is 0 Å². The second-order valence-electron chi connectivity index (χ2n) is 15.1. The van der Waals surface area contributed by atoms with Gasteiger partial charge in [0.2, 0.25) is 0 Å². The van der Waals surface area contributed by atoms with E-state index in [0.29, 0.717) is 53.1 Å². The minimum atomic E-state index is -1.89. The molecular weight excluding hydrogens is 1010 g/mol. The van der Waals surface area contributed by atoms with Gasteiger partial charge < -0.3 is 19.2 Å². The molecule has 6 aromatic rings. The molecule has 4 aliphatic heterocycles. The Hall–Kier alpha value is -7.29. The summed E-state index contributed by atoms with van der Waals surface area (Å²) in [6.45, 7) is 1.21. The molecule has 6 aromatic carbocycles. The van der Waals surface area contributed by atoms with Gasteiger partial charge in [0.15, 0.2) is 34.9 Å². The maximum Gasteiger partial charge on any atom is 0.491 e. The number of hydrogen-bond acceptors (Lipinski definition) is 6. The number of rotatable bonds is 8. The molecule has 0 unspecified atom stereocenters. The van der Waals surface area contributed by atoms with Crippen LogP contribution in [0.3, 0.4) is 0 Å². The number of halogens is 9. The minimum absolute atomic E-state index is 0.0105. The van der Waals surface area contributed by atoms with E-state index >= 15 is 0 Å². The van der Waals surface area contributed by atoms with Crippen LogP contribution in [0.2, 0.25) is 0 Å². The Bertz CT molecular complexity index is 3300. The van der Waals surface area contributed by atoms with E-state index in [2.05, 4.69) is 66.8 Å². The monoisotopic (exact) mass is 1040 g/mol. The highest BCUT2D eigenvalue weighted by molar-refractivity contribution is 14.1. The zero-order valence-corrected chi connectivity index (χ0v) is 37.1. The van der Waals surface area contributed by atoms with Crippen molar-refractivity contribution >= 4 is 35.2 Å². The van der Waals surface area contributed by atoms with E-state index in [1.165, 1.54) is 45.5 Å². The third kappa shape index (κ3) is 11.1.